The number of nitrogens with zero attached hydrogens (tertiary/aromatic N) is 1. The number of hydrogen-bond donors (Lipinski definition) is 0. The van der Waals surface area contributed by atoms with Crippen LogP contribution in [0.3, 0.4) is 0 Å². The topological polar surface area (TPSA) is 29.5 Å². The fraction of sp³-hybridized carbons (Fsp3) is 0.222. The Morgan fingerprint density at radius 2 is 1.70 bits per heavy atom. The first-order valence-electron chi connectivity index (χ1n) is 11.1. The molecule has 0 amide bonds. The van der Waals surface area contributed by atoms with Gasteiger partial charge in [-0.25, -0.2) is 8.78 Å². The van der Waals surface area contributed by atoms with Gasteiger partial charge in [-0.05, 0) is 80.0 Å². The number of thiophene rings is 1. The van der Waals surface area contributed by atoms with Crippen LogP contribution in [-0.4, -0.2) is 36.9 Å². The van der Waals surface area contributed by atoms with Gasteiger partial charge in [-0.3, -0.25) is 9.69 Å². The molecule has 168 valence electrons. The average molecular weight is 464 g/mol. The van der Waals surface area contributed by atoms with Gasteiger partial charge in [0.2, 0.25) is 0 Å². The van der Waals surface area contributed by atoms with Gasteiger partial charge < -0.3 is 4.74 Å². The molecule has 0 N–H and O–H groups in total. The summed E-state index contributed by atoms with van der Waals surface area (Å²) in [5.74, 6) is -1.54. The van der Waals surface area contributed by atoms with Crippen LogP contribution in [0, 0.1) is 11.6 Å². The van der Waals surface area contributed by atoms with Crippen molar-refractivity contribution >= 4 is 27.2 Å². The number of carbonyl (C=O) groups is 1. The van der Waals surface area contributed by atoms with E-state index in [0.717, 1.165) is 58.0 Å². The van der Waals surface area contributed by atoms with Crippen LogP contribution in [0.4, 0.5) is 8.78 Å². The van der Waals surface area contributed by atoms with E-state index in [9.17, 15) is 13.6 Å². The summed E-state index contributed by atoms with van der Waals surface area (Å²) in [6.07, 6.45) is 2.52. The van der Waals surface area contributed by atoms with Crippen molar-refractivity contribution in [3.05, 3.63) is 89.5 Å². The van der Waals surface area contributed by atoms with Gasteiger partial charge in [0.05, 0.1) is 0 Å². The highest BCUT2D eigenvalue weighted by Crippen LogP contribution is 2.40. The predicted octanol–water partition coefficient (Wildman–Crippen LogP) is 6.55. The fourth-order valence-electron chi connectivity index (χ4n) is 4.26. The molecule has 33 heavy (non-hydrogen) atoms. The third-order valence-corrected chi connectivity index (χ3v) is 7.22. The van der Waals surface area contributed by atoms with Gasteiger partial charge in [-0.1, -0.05) is 18.2 Å². The normalized spacial score (nSPS) is 14.1. The average Bonchev–Trinajstić information content (AvgIpc) is 3.49. The van der Waals surface area contributed by atoms with Crippen molar-refractivity contribution in [1.29, 1.82) is 0 Å². The lowest BCUT2D eigenvalue weighted by molar-refractivity contribution is 0.104. The van der Waals surface area contributed by atoms with Crippen molar-refractivity contribution in [2.75, 3.05) is 26.2 Å². The van der Waals surface area contributed by atoms with Crippen LogP contribution < -0.4 is 4.74 Å². The van der Waals surface area contributed by atoms with Crippen LogP contribution in [0.25, 0.3) is 20.5 Å². The monoisotopic (exact) mass is 463 g/mol. The maximum absolute atomic E-state index is 13.8. The Labute approximate surface area is 195 Å². The minimum atomic E-state index is -1.03. The molecule has 0 unspecified atom stereocenters. The second kappa shape index (κ2) is 9.41. The molecule has 0 spiro atoms. The first kappa shape index (κ1) is 21.7. The highest BCUT2D eigenvalue weighted by Gasteiger charge is 2.22. The van der Waals surface area contributed by atoms with Gasteiger partial charge in [0.25, 0.3) is 0 Å². The summed E-state index contributed by atoms with van der Waals surface area (Å²) >= 11 is 1.51. The number of carbonyl (C=O) groups excluding carboxylic acids is 1. The molecule has 0 aliphatic carbocycles. The number of likely N-dealkylation sites (tertiary alicyclic amines) is 1. The summed E-state index contributed by atoms with van der Waals surface area (Å²) in [7, 11) is 0. The Morgan fingerprint density at radius 3 is 2.45 bits per heavy atom. The molecule has 0 saturated carbocycles. The van der Waals surface area contributed by atoms with Crippen LogP contribution in [0.5, 0.6) is 5.75 Å². The number of benzene rings is 3. The molecule has 1 fully saturated rings. The number of halogens is 2. The zero-order valence-corrected chi connectivity index (χ0v) is 18.8. The lowest BCUT2D eigenvalue weighted by atomic mass is 9.97. The van der Waals surface area contributed by atoms with Crippen LogP contribution in [0.1, 0.15) is 28.8 Å². The van der Waals surface area contributed by atoms with Crippen LogP contribution in [-0.2, 0) is 0 Å². The van der Waals surface area contributed by atoms with Crippen molar-refractivity contribution < 1.29 is 18.3 Å². The van der Waals surface area contributed by atoms with Crippen molar-refractivity contribution in [3.63, 3.8) is 0 Å². The Kier molecular flexibility index (Phi) is 6.20. The largest absolute Gasteiger partial charge is 0.492 e. The molecular formula is C27H23F2NO2S. The first-order valence-corrected chi connectivity index (χ1v) is 11.9. The van der Waals surface area contributed by atoms with E-state index in [1.807, 2.05) is 48.5 Å². The molecule has 1 aliphatic heterocycles. The van der Waals surface area contributed by atoms with Crippen LogP contribution in [0.15, 0.2) is 66.7 Å². The number of fused-ring (bicyclic) bond motifs is 1. The second-order valence-corrected chi connectivity index (χ2v) is 9.23. The Morgan fingerprint density at radius 1 is 0.939 bits per heavy atom. The summed E-state index contributed by atoms with van der Waals surface area (Å²) in [6.45, 7) is 3.85. The highest BCUT2D eigenvalue weighted by molar-refractivity contribution is 7.22. The van der Waals surface area contributed by atoms with Crippen molar-refractivity contribution in [3.8, 4) is 16.2 Å². The Bertz CT molecular complexity index is 1290. The van der Waals surface area contributed by atoms with E-state index in [1.165, 1.54) is 30.2 Å². The molecular weight excluding hydrogens is 440 g/mol. The molecule has 0 radical (unpaired) electrons. The molecule has 3 aromatic carbocycles. The molecule has 6 heteroatoms. The number of rotatable bonds is 7. The minimum absolute atomic E-state index is 0.126. The predicted molar refractivity (Wildman–Crippen MR) is 128 cm³/mol. The van der Waals surface area contributed by atoms with Crippen molar-refractivity contribution in [1.82, 2.24) is 4.90 Å². The smallest absolute Gasteiger partial charge is 0.195 e. The molecule has 1 aliphatic rings. The van der Waals surface area contributed by atoms with Gasteiger partial charge in [0.15, 0.2) is 17.4 Å². The van der Waals surface area contributed by atoms with E-state index in [2.05, 4.69) is 4.90 Å². The van der Waals surface area contributed by atoms with E-state index in [-0.39, 0.29) is 11.3 Å². The zero-order chi connectivity index (χ0) is 22.8. The molecule has 3 nitrogen and oxygen atoms in total. The van der Waals surface area contributed by atoms with Gasteiger partial charge in [-0.2, -0.15) is 0 Å². The Hall–Kier alpha value is -3.09. The fourth-order valence-corrected chi connectivity index (χ4v) is 5.46. The molecule has 2 heterocycles. The van der Waals surface area contributed by atoms with E-state index >= 15 is 0 Å². The van der Waals surface area contributed by atoms with E-state index in [4.69, 9.17) is 4.74 Å². The standard InChI is InChI=1S/C27H23F2NO2S/c28-22-12-9-19(17-23(22)29)26(31)25-21-5-1-2-6-24(21)33-27(25)18-7-10-20(11-8-18)32-16-15-30-13-3-4-14-30/h1-2,5-12,17H,3-4,13-16H2. The molecule has 0 bridgehead atoms. The third kappa shape index (κ3) is 4.54. The summed E-state index contributed by atoms with van der Waals surface area (Å²) in [5.41, 5.74) is 1.51. The molecule has 0 atom stereocenters. The molecule has 5 rings (SSSR count). The van der Waals surface area contributed by atoms with Gasteiger partial charge >= 0.3 is 0 Å². The lowest BCUT2D eigenvalue weighted by Crippen LogP contribution is -2.25. The molecule has 1 saturated heterocycles. The summed E-state index contributed by atoms with van der Waals surface area (Å²) in [5, 5.41) is 0.804. The highest BCUT2D eigenvalue weighted by atomic mass is 32.1. The van der Waals surface area contributed by atoms with Crippen molar-refractivity contribution in [2.24, 2.45) is 0 Å². The SMILES string of the molecule is O=C(c1ccc(F)c(F)c1)c1c(-c2ccc(OCCN3CCCC3)cc2)sc2ccccc12. The van der Waals surface area contributed by atoms with E-state index < -0.39 is 11.6 Å². The molecule has 4 aromatic rings. The van der Waals surface area contributed by atoms with Crippen LogP contribution >= 0.6 is 11.3 Å². The zero-order valence-electron chi connectivity index (χ0n) is 18.0. The van der Waals surface area contributed by atoms with Crippen LogP contribution in [0.2, 0.25) is 0 Å². The number of ether oxygens (including phenoxy) is 1. The number of ketones is 1. The second-order valence-electron chi connectivity index (χ2n) is 8.18. The quantitative estimate of drug-likeness (QED) is 0.291. The Balaban J connectivity index is 1.44. The maximum Gasteiger partial charge on any atom is 0.195 e. The van der Waals surface area contributed by atoms with Gasteiger partial charge in [0.1, 0.15) is 12.4 Å². The number of hydrogen-bond acceptors (Lipinski definition) is 4. The van der Waals surface area contributed by atoms with Gasteiger partial charge in [-0.15, -0.1) is 11.3 Å². The summed E-state index contributed by atoms with van der Waals surface area (Å²) in [4.78, 5) is 16.6. The first-order chi connectivity index (χ1) is 16.1. The summed E-state index contributed by atoms with van der Waals surface area (Å²) < 4.78 is 34.1. The summed E-state index contributed by atoms with van der Waals surface area (Å²) in [6, 6.07) is 18.6. The third-order valence-electron chi connectivity index (χ3n) is 6.00. The molecule has 1 aromatic heterocycles. The van der Waals surface area contributed by atoms with Crippen molar-refractivity contribution in [2.45, 2.75) is 12.8 Å². The maximum atomic E-state index is 13.8. The van der Waals surface area contributed by atoms with Gasteiger partial charge in [0, 0.05) is 32.6 Å². The van der Waals surface area contributed by atoms with E-state index in [1.54, 1.807) is 0 Å². The minimum Gasteiger partial charge on any atom is -0.492 e. The van der Waals surface area contributed by atoms with E-state index in [0.29, 0.717) is 12.2 Å². The lowest BCUT2D eigenvalue weighted by Gasteiger charge is -2.15.